The van der Waals surface area contributed by atoms with E-state index < -0.39 is 0 Å². The SMILES string of the molecule is Cc1ccc(C(CCO)NC(=O)C2CCN(C3CCOCC3)CC2)cc1. The number of benzene rings is 1. The van der Waals surface area contributed by atoms with Crippen molar-refractivity contribution in [3.05, 3.63) is 35.4 Å². The molecule has 144 valence electrons. The van der Waals surface area contributed by atoms with Crippen LogP contribution in [0.4, 0.5) is 0 Å². The van der Waals surface area contributed by atoms with E-state index in [0.717, 1.165) is 57.6 Å². The third kappa shape index (κ3) is 5.06. The number of hydrogen-bond donors (Lipinski definition) is 2. The van der Waals surface area contributed by atoms with Gasteiger partial charge in [-0.2, -0.15) is 0 Å². The molecule has 1 amide bonds. The van der Waals surface area contributed by atoms with Crippen LogP contribution in [0.5, 0.6) is 0 Å². The second-order valence-electron chi connectivity index (χ2n) is 7.64. The number of piperidine rings is 1. The maximum Gasteiger partial charge on any atom is 0.223 e. The number of rotatable bonds is 6. The van der Waals surface area contributed by atoms with Crippen LogP contribution in [0.25, 0.3) is 0 Å². The van der Waals surface area contributed by atoms with Crippen LogP contribution in [0.2, 0.25) is 0 Å². The molecule has 1 atom stereocenters. The molecule has 2 heterocycles. The summed E-state index contributed by atoms with van der Waals surface area (Å²) in [4.78, 5) is 15.3. The minimum absolute atomic E-state index is 0.0705. The fraction of sp³-hybridized carbons (Fsp3) is 0.667. The summed E-state index contributed by atoms with van der Waals surface area (Å²) >= 11 is 0. The predicted molar refractivity (Wildman–Crippen MR) is 102 cm³/mol. The second kappa shape index (κ2) is 9.49. The summed E-state index contributed by atoms with van der Waals surface area (Å²) in [5.74, 6) is 0.216. The van der Waals surface area contributed by atoms with Gasteiger partial charge in [0.25, 0.3) is 0 Å². The summed E-state index contributed by atoms with van der Waals surface area (Å²) in [5, 5.41) is 12.6. The first-order valence-corrected chi connectivity index (χ1v) is 9.97. The zero-order chi connectivity index (χ0) is 18.4. The fourth-order valence-electron chi connectivity index (χ4n) is 4.12. The van der Waals surface area contributed by atoms with Crippen LogP contribution in [0.15, 0.2) is 24.3 Å². The number of amides is 1. The van der Waals surface area contributed by atoms with Crippen molar-refractivity contribution >= 4 is 5.91 Å². The van der Waals surface area contributed by atoms with Gasteiger partial charge < -0.3 is 20.1 Å². The van der Waals surface area contributed by atoms with Gasteiger partial charge in [0, 0.05) is 31.8 Å². The zero-order valence-corrected chi connectivity index (χ0v) is 15.8. The highest BCUT2D eigenvalue weighted by Crippen LogP contribution is 2.25. The van der Waals surface area contributed by atoms with Gasteiger partial charge in [-0.3, -0.25) is 4.79 Å². The summed E-state index contributed by atoms with van der Waals surface area (Å²) in [6.07, 6.45) is 4.62. The van der Waals surface area contributed by atoms with Crippen molar-refractivity contribution in [1.29, 1.82) is 0 Å². The van der Waals surface area contributed by atoms with E-state index in [1.54, 1.807) is 0 Å². The molecule has 3 rings (SSSR count). The Morgan fingerprint density at radius 1 is 1.19 bits per heavy atom. The van der Waals surface area contributed by atoms with Crippen molar-refractivity contribution in [3.63, 3.8) is 0 Å². The Hall–Kier alpha value is -1.43. The minimum atomic E-state index is -0.110. The number of hydrogen-bond acceptors (Lipinski definition) is 4. The lowest BCUT2D eigenvalue weighted by molar-refractivity contribution is -0.127. The maximum absolute atomic E-state index is 12.8. The van der Waals surface area contributed by atoms with E-state index in [1.165, 1.54) is 5.56 Å². The van der Waals surface area contributed by atoms with Gasteiger partial charge in [0.15, 0.2) is 0 Å². The molecule has 1 aromatic rings. The summed E-state index contributed by atoms with van der Waals surface area (Å²) < 4.78 is 5.45. The first-order chi connectivity index (χ1) is 12.7. The standard InChI is InChI=1S/C21H32N2O3/c1-16-2-4-17(5-3-16)20(8-13-24)22-21(25)18-6-11-23(12-7-18)19-9-14-26-15-10-19/h2-5,18-20,24H,6-15H2,1H3,(H,22,25). The van der Waals surface area contributed by atoms with E-state index in [9.17, 15) is 9.90 Å². The van der Waals surface area contributed by atoms with Gasteiger partial charge in [-0.15, -0.1) is 0 Å². The molecule has 2 saturated heterocycles. The number of nitrogens with one attached hydrogen (secondary N) is 1. The summed E-state index contributed by atoms with van der Waals surface area (Å²) in [6.45, 7) is 5.85. The Bertz CT molecular complexity index is 561. The van der Waals surface area contributed by atoms with Gasteiger partial charge >= 0.3 is 0 Å². The van der Waals surface area contributed by atoms with Crippen molar-refractivity contribution in [2.24, 2.45) is 5.92 Å². The highest BCUT2D eigenvalue weighted by molar-refractivity contribution is 5.79. The largest absolute Gasteiger partial charge is 0.396 e. The van der Waals surface area contributed by atoms with Crippen molar-refractivity contribution in [3.8, 4) is 0 Å². The molecule has 0 radical (unpaired) electrons. The normalized spacial score (nSPS) is 21.5. The fourth-order valence-corrected chi connectivity index (χ4v) is 4.12. The first-order valence-electron chi connectivity index (χ1n) is 9.97. The van der Waals surface area contributed by atoms with Crippen LogP contribution in [0, 0.1) is 12.8 Å². The van der Waals surface area contributed by atoms with Gasteiger partial charge in [-0.25, -0.2) is 0 Å². The van der Waals surface area contributed by atoms with E-state index in [4.69, 9.17) is 4.74 Å². The monoisotopic (exact) mass is 360 g/mol. The number of carbonyl (C=O) groups excluding carboxylic acids is 1. The topological polar surface area (TPSA) is 61.8 Å². The molecule has 0 saturated carbocycles. The molecule has 5 heteroatoms. The lowest BCUT2D eigenvalue weighted by Gasteiger charge is -2.39. The van der Waals surface area contributed by atoms with Gasteiger partial charge in [0.2, 0.25) is 5.91 Å². The number of ether oxygens (including phenoxy) is 1. The minimum Gasteiger partial charge on any atom is -0.396 e. The molecule has 2 aliphatic heterocycles. The highest BCUT2D eigenvalue weighted by atomic mass is 16.5. The van der Waals surface area contributed by atoms with Crippen LogP contribution in [0.1, 0.15) is 49.3 Å². The number of aliphatic hydroxyl groups excluding tert-OH is 1. The van der Waals surface area contributed by atoms with Gasteiger partial charge in [-0.05, 0) is 57.7 Å². The molecule has 0 spiro atoms. The van der Waals surface area contributed by atoms with Crippen LogP contribution in [-0.2, 0) is 9.53 Å². The lowest BCUT2D eigenvalue weighted by Crippen LogP contribution is -2.47. The van der Waals surface area contributed by atoms with E-state index in [1.807, 2.05) is 12.1 Å². The molecule has 0 aliphatic carbocycles. The van der Waals surface area contributed by atoms with Crippen LogP contribution in [0.3, 0.4) is 0 Å². The van der Waals surface area contributed by atoms with Crippen LogP contribution in [-0.4, -0.2) is 54.9 Å². The van der Waals surface area contributed by atoms with Gasteiger partial charge in [0.1, 0.15) is 0 Å². The van der Waals surface area contributed by atoms with E-state index in [-0.39, 0.29) is 24.5 Å². The number of carbonyl (C=O) groups is 1. The number of aryl methyl sites for hydroxylation is 1. The maximum atomic E-state index is 12.8. The molecular weight excluding hydrogens is 328 g/mol. The third-order valence-corrected chi connectivity index (χ3v) is 5.82. The molecule has 5 nitrogen and oxygen atoms in total. The third-order valence-electron chi connectivity index (χ3n) is 5.82. The van der Waals surface area contributed by atoms with Crippen molar-refractivity contribution in [1.82, 2.24) is 10.2 Å². The molecule has 26 heavy (non-hydrogen) atoms. The van der Waals surface area contributed by atoms with Crippen LogP contribution >= 0.6 is 0 Å². The Morgan fingerprint density at radius 3 is 2.46 bits per heavy atom. The number of likely N-dealkylation sites (tertiary alicyclic amines) is 1. The average molecular weight is 360 g/mol. The summed E-state index contributed by atoms with van der Waals surface area (Å²) in [7, 11) is 0. The van der Waals surface area contributed by atoms with E-state index in [2.05, 4.69) is 29.3 Å². The summed E-state index contributed by atoms with van der Waals surface area (Å²) in [5.41, 5.74) is 2.26. The molecule has 1 aromatic carbocycles. The van der Waals surface area contributed by atoms with Gasteiger partial charge in [0.05, 0.1) is 6.04 Å². The average Bonchev–Trinajstić information content (AvgIpc) is 2.69. The van der Waals surface area contributed by atoms with Crippen molar-refractivity contribution < 1.29 is 14.6 Å². The van der Waals surface area contributed by atoms with Crippen molar-refractivity contribution in [2.45, 2.75) is 51.1 Å². The Balaban J connectivity index is 1.52. The molecule has 0 aromatic heterocycles. The Labute approximate surface area is 156 Å². The number of nitrogens with zero attached hydrogens (tertiary/aromatic N) is 1. The lowest BCUT2D eigenvalue weighted by atomic mass is 9.92. The molecule has 2 fully saturated rings. The molecule has 1 unspecified atom stereocenters. The van der Waals surface area contributed by atoms with Crippen LogP contribution < -0.4 is 5.32 Å². The quantitative estimate of drug-likeness (QED) is 0.818. The highest BCUT2D eigenvalue weighted by Gasteiger charge is 2.30. The smallest absolute Gasteiger partial charge is 0.223 e. The molecule has 2 N–H and O–H groups in total. The van der Waals surface area contributed by atoms with Crippen molar-refractivity contribution in [2.75, 3.05) is 32.9 Å². The Morgan fingerprint density at radius 2 is 1.85 bits per heavy atom. The Kier molecular flexibility index (Phi) is 7.06. The van der Waals surface area contributed by atoms with Gasteiger partial charge in [-0.1, -0.05) is 29.8 Å². The molecule has 0 bridgehead atoms. The zero-order valence-electron chi connectivity index (χ0n) is 15.8. The number of aliphatic hydroxyl groups is 1. The molecular formula is C21H32N2O3. The summed E-state index contributed by atoms with van der Waals surface area (Å²) in [6, 6.07) is 8.72. The second-order valence-corrected chi connectivity index (χ2v) is 7.64. The molecule has 2 aliphatic rings. The first kappa shape index (κ1) is 19.3. The van der Waals surface area contributed by atoms with E-state index in [0.29, 0.717) is 12.5 Å². The predicted octanol–water partition coefficient (Wildman–Crippen LogP) is 2.43. The van der Waals surface area contributed by atoms with E-state index >= 15 is 0 Å².